The summed E-state index contributed by atoms with van der Waals surface area (Å²) in [6.07, 6.45) is 0.916. The van der Waals surface area contributed by atoms with Crippen LogP contribution in [0.15, 0.2) is 63.9 Å². The van der Waals surface area contributed by atoms with Gasteiger partial charge in [-0.2, -0.15) is 0 Å². The van der Waals surface area contributed by atoms with Gasteiger partial charge in [0.1, 0.15) is 0 Å². The molecule has 1 atom stereocenters. The summed E-state index contributed by atoms with van der Waals surface area (Å²) in [4.78, 5) is 30.8. The maximum absolute atomic E-state index is 13.0. The predicted octanol–water partition coefficient (Wildman–Crippen LogP) is 2.03. The lowest BCUT2D eigenvalue weighted by atomic mass is 10.0. The van der Waals surface area contributed by atoms with E-state index in [1.54, 1.807) is 24.3 Å². The Morgan fingerprint density at radius 2 is 1.89 bits per heavy atom. The Morgan fingerprint density at radius 1 is 1.14 bits per heavy atom. The largest absolute Gasteiger partial charge is 0.439 e. The van der Waals surface area contributed by atoms with E-state index in [4.69, 9.17) is 0 Å². The van der Waals surface area contributed by atoms with E-state index in [1.807, 2.05) is 23.1 Å². The Hall–Kier alpha value is -3.19. The average molecular weight is 378 g/mol. The molecule has 1 aromatic heterocycles. The van der Waals surface area contributed by atoms with Gasteiger partial charge in [-0.1, -0.05) is 47.6 Å². The highest BCUT2D eigenvalue weighted by Gasteiger charge is 2.28. The molecule has 7 nitrogen and oxygen atoms in total. The molecule has 2 heterocycles. The average Bonchev–Trinajstić information content (AvgIpc) is 3.16. The number of hydrogen-bond donors (Lipinski definition) is 1. The van der Waals surface area contributed by atoms with Crippen LogP contribution in [-0.4, -0.2) is 58.6 Å². The van der Waals surface area contributed by atoms with Crippen molar-refractivity contribution in [1.29, 1.82) is 0 Å². The van der Waals surface area contributed by atoms with Gasteiger partial charge in [-0.25, -0.2) is 4.79 Å². The number of aromatic amines is 1. The second-order valence-corrected chi connectivity index (χ2v) is 7.10. The molecule has 0 spiro atoms. The molecule has 1 saturated heterocycles. The number of likely N-dealkylation sites (N-methyl/N-ethyl adjacent to an activating group) is 1. The van der Waals surface area contributed by atoms with Gasteiger partial charge in [0.25, 0.3) is 5.91 Å². The molecule has 4 rings (SSSR count). The van der Waals surface area contributed by atoms with Crippen LogP contribution in [0.5, 0.6) is 0 Å². The SMILES string of the molecule is CN1CCN(C(=O)c2ccc(-c3noc(=O)[nH]3)cc2)CC1Cc1ccccc1. The summed E-state index contributed by atoms with van der Waals surface area (Å²) in [5.41, 5.74) is 2.60. The zero-order valence-electron chi connectivity index (χ0n) is 15.7. The Balaban J connectivity index is 1.45. The summed E-state index contributed by atoms with van der Waals surface area (Å²) >= 11 is 0. The van der Waals surface area contributed by atoms with E-state index in [9.17, 15) is 9.59 Å². The molecular formula is C21H22N4O3. The molecule has 1 fully saturated rings. The molecule has 1 aliphatic rings. The zero-order valence-corrected chi connectivity index (χ0v) is 15.7. The van der Waals surface area contributed by atoms with Crippen molar-refractivity contribution in [3.8, 4) is 11.4 Å². The molecule has 7 heteroatoms. The van der Waals surface area contributed by atoms with Gasteiger partial charge < -0.3 is 4.90 Å². The van der Waals surface area contributed by atoms with E-state index in [0.717, 1.165) is 13.0 Å². The first-order chi connectivity index (χ1) is 13.6. The summed E-state index contributed by atoms with van der Waals surface area (Å²) < 4.78 is 4.52. The molecule has 2 aromatic carbocycles. The number of amides is 1. The van der Waals surface area contributed by atoms with E-state index >= 15 is 0 Å². The van der Waals surface area contributed by atoms with E-state index in [-0.39, 0.29) is 5.91 Å². The summed E-state index contributed by atoms with van der Waals surface area (Å²) in [5, 5.41) is 3.66. The molecule has 1 aliphatic heterocycles. The number of piperazine rings is 1. The van der Waals surface area contributed by atoms with Crippen LogP contribution in [0.25, 0.3) is 11.4 Å². The lowest BCUT2D eigenvalue weighted by molar-refractivity contribution is 0.0547. The number of nitrogens with one attached hydrogen (secondary N) is 1. The Morgan fingerprint density at radius 3 is 2.57 bits per heavy atom. The number of benzene rings is 2. The second-order valence-electron chi connectivity index (χ2n) is 7.10. The maximum Gasteiger partial charge on any atom is 0.439 e. The van der Waals surface area contributed by atoms with Crippen LogP contribution in [0.4, 0.5) is 0 Å². The smallest absolute Gasteiger partial charge is 0.336 e. The van der Waals surface area contributed by atoms with Crippen LogP contribution in [0, 0.1) is 0 Å². The van der Waals surface area contributed by atoms with E-state index in [1.165, 1.54) is 5.56 Å². The van der Waals surface area contributed by atoms with Gasteiger partial charge in [0.2, 0.25) is 0 Å². The summed E-state index contributed by atoms with van der Waals surface area (Å²) in [5.74, 6) is -0.227. The lowest BCUT2D eigenvalue weighted by Gasteiger charge is -2.39. The van der Waals surface area contributed by atoms with Crippen LogP contribution in [0.3, 0.4) is 0 Å². The number of hydrogen-bond acceptors (Lipinski definition) is 5. The third kappa shape index (κ3) is 3.89. The number of aromatic nitrogens is 2. The third-order valence-corrected chi connectivity index (χ3v) is 5.22. The normalized spacial score (nSPS) is 17.6. The Kier molecular flexibility index (Phi) is 5.08. The second kappa shape index (κ2) is 7.82. The number of nitrogens with zero attached hydrogens (tertiary/aromatic N) is 3. The summed E-state index contributed by atoms with van der Waals surface area (Å²) in [7, 11) is 2.11. The van der Waals surface area contributed by atoms with Crippen LogP contribution in [0.1, 0.15) is 15.9 Å². The van der Waals surface area contributed by atoms with E-state index < -0.39 is 5.76 Å². The molecule has 28 heavy (non-hydrogen) atoms. The number of carbonyl (C=O) groups is 1. The van der Waals surface area contributed by atoms with Crippen molar-refractivity contribution in [1.82, 2.24) is 19.9 Å². The molecule has 1 amide bonds. The quantitative estimate of drug-likeness (QED) is 0.751. The molecular weight excluding hydrogens is 356 g/mol. The standard InChI is InChI=1S/C21H22N4O3/c1-24-11-12-25(14-18(24)13-15-5-3-2-4-6-15)20(26)17-9-7-16(8-10-17)19-22-21(27)28-23-19/h2-10,18H,11-14H2,1H3,(H,22,23,27). The van der Waals surface area contributed by atoms with Crippen molar-refractivity contribution in [2.24, 2.45) is 0 Å². The van der Waals surface area contributed by atoms with Gasteiger partial charge >= 0.3 is 5.76 Å². The first kappa shape index (κ1) is 18.2. The molecule has 0 radical (unpaired) electrons. The summed E-state index contributed by atoms with van der Waals surface area (Å²) in [6.45, 7) is 2.25. The Labute approximate surface area is 162 Å². The molecule has 3 aromatic rings. The van der Waals surface area contributed by atoms with Gasteiger partial charge in [0.05, 0.1) is 0 Å². The maximum atomic E-state index is 13.0. The fourth-order valence-electron chi connectivity index (χ4n) is 3.54. The van der Waals surface area contributed by atoms with Crippen LogP contribution >= 0.6 is 0 Å². The molecule has 0 saturated carbocycles. The van der Waals surface area contributed by atoms with Crippen LogP contribution < -0.4 is 5.76 Å². The topological polar surface area (TPSA) is 82.4 Å². The molecule has 1 unspecified atom stereocenters. The number of H-pyrrole nitrogens is 1. The minimum Gasteiger partial charge on any atom is -0.336 e. The van der Waals surface area contributed by atoms with Crippen molar-refractivity contribution < 1.29 is 9.32 Å². The highest BCUT2D eigenvalue weighted by molar-refractivity contribution is 5.94. The van der Waals surface area contributed by atoms with Crippen molar-refractivity contribution >= 4 is 5.91 Å². The number of carbonyl (C=O) groups excluding carboxylic acids is 1. The predicted molar refractivity (Wildman–Crippen MR) is 105 cm³/mol. The van der Waals surface area contributed by atoms with Gasteiger partial charge in [0, 0.05) is 36.8 Å². The Bertz CT molecular complexity index is 994. The monoisotopic (exact) mass is 378 g/mol. The fourth-order valence-corrected chi connectivity index (χ4v) is 3.54. The minimum absolute atomic E-state index is 0.0198. The first-order valence-corrected chi connectivity index (χ1v) is 9.30. The highest BCUT2D eigenvalue weighted by Crippen LogP contribution is 2.18. The van der Waals surface area contributed by atoms with Gasteiger partial charge in [-0.05, 0) is 31.2 Å². The van der Waals surface area contributed by atoms with Gasteiger partial charge in [-0.15, -0.1) is 0 Å². The van der Waals surface area contributed by atoms with Crippen LogP contribution in [-0.2, 0) is 6.42 Å². The lowest BCUT2D eigenvalue weighted by Crippen LogP contribution is -2.54. The zero-order chi connectivity index (χ0) is 19.5. The highest BCUT2D eigenvalue weighted by atomic mass is 16.5. The molecule has 144 valence electrons. The van der Waals surface area contributed by atoms with Gasteiger partial charge in [0.15, 0.2) is 5.82 Å². The number of rotatable bonds is 4. The van der Waals surface area contributed by atoms with Crippen molar-refractivity contribution in [3.63, 3.8) is 0 Å². The van der Waals surface area contributed by atoms with E-state index in [0.29, 0.717) is 36.1 Å². The third-order valence-electron chi connectivity index (χ3n) is 5.22. The molecule has 0 bridgehead atoms. The first-order valence-electron chi connectivity index (χ1n) is 9.30. The van der Waals surface area contributed by atoms with Gasteiger partial charge in [-0.3, -0.25) is 19.2 Å². The van der Waals surface area contributed by atoms with Crippen LogP contribution in [0.2, 0.25) is 0 Å². The fraction of sp³-hybridized carbons (Fsp3) is 0.286. The van der Waals surface area contributed by atoms with E-state index in [2.05, 4.69) is 38.7 Å². The van der Waals surface area contributed by atoms with Crippen molar-refractivity contribution in [2.45, 2.75) is 12.5 Å². The van der Waals surface area contributed by atoms with Crippen molar-refractivity contribution in [3.05, 3.63) is 76.3 Å². The van der Waals surface area contributed by atoms with Crippen molar-refractivity contribution in [2.75, 3.05) is 26.7 Å². The molecule has 0 aliphatic carbocycles. The molecule has 1 N–H and O–H groups in total. The summed E-state index contributed by atoms with van der Waals surface area (Å²) in [6, 6.07) is 17.7. The minimum atomic E-state index is -0.600.